The lowest BCUT2D eigenvalue weighted by Crippen LogP contribution is -2.20. The molecule has 2 aromatic carbocycles. The van der Waals surface area contributed by atoms with Gasteiger partial charge in [0.05, 0.1) is 12.5 Å². The monoisotopic (exact) mass is 352 g/mol. The van der Waals surface area contributed by atoms with Crippen molar-refractivity contribution < 1.29 is 4.79 Å². The zero-order valence-corrected chi connectivity index (χ0v) is 15.1. The van der Waals surface area contributed by atoms with Crippen LogP contribution >= 0.6 is 11.6 Å². The molecule has 0 bridgehead atoms. The van der Waals surface area contributed by atoms with Gasteiger partial charge in [0.25, 0.3) is 0 Å². The minimum atomic E-state index is -0.0457. The summed E-state index contributed by atoms with van der Waals surface area (Å²) in [5.74, 6) is -0.0349. The molecule has 0 fully saturated rings. The number of carbonyl (C=O) groups excluding carboxylic acids is 1. The lowest BCUT2D eigenvalue weighted by molar-refractivity contribution is -0.116. The van der Waals surface area contributed by atoms with Gasteiger partial charge >= 0.3 is 0 Å². The average molecular weight is 353 g/mol. The SMILES string of the molecule is Cc1ccc(Cl)cc1NC(=O)C[C@H](c1ccccc1C)n1cccc1. The number of carbonyl (C=O) groups is 1. The molecule has 0 unspecified atom stereocenters. The van der Waals surface area contributed by atoms with E-state index in [1.165, 1.54) is 5.56 Å². The van der Waals surface area contributed by atoms with Crippen molar-refractivity contribution in [1.29, 1.82) is 0 Å². The van der Waals surface area contributed by atoms with E-state index >= 15 is 0 Å². The zero-order chi connectivity index (χ0) is 17.8. The first-order valence-corrected chi connectivity index (χ1v) is 8.66. The molecule has 0 radical (unpaired) electrons. The summed E-state index contributed by atoms with van der Waals surface area (Å²) in [6.07, 6.45) is 4.34. The Hall–Kier alpha value is -2.52. The predicted octanol–water partition coefficient (Wildman–Crippen LogP) is 5.38. The van der Waals surface area contributed by atoms with E-state index in [0.717, 1.165) is 16.8 Å². The van der Waals surface area contributed by atoms with Crippen molar-refractivity contribution in [2.24, 2.45) is 0 Å². The third-order valence-corrected chi connectivity index (χ3v) is 4.62. The van der Waals surface area contributed by atoms with Gasteiger partial charge in [-0.3, -0.25) is 4.79 Å². The normalized spacial score (nSPS) is 12.0. The number of amides is 1. The summed E-state index contributed by atoms with van der Waals surface area (Å²) in [5, 5.41) is 3.61. The van der Waals surface area contributed by atoms with E-state index in [0.29, 0.717) is 11.4 Å². The summed E-state index contributed by atoms with van der Waals surface area (Å²) in [6.45, 7) is 4.03. The van der Waals surface area contributed by atoms with E-state index in [-0.39, 0.29) is 11.9 Å². The molecule has 0 aliphatic rings. The molecule has 1 amide bonds. The maximum Gasteiger partial charge on any atom is 0.226 e. The van der Waals surface area contributed by atoms with Crippen molar-refractivity contribution >= 4 is 23.2 Å². The number of nitrogens with one attached hydrogen (secondary N) is 1. The highest BCUT2D eigenvalue weighted by atomic mass is 35.5. The van der Waals surface area contributed by atoms with Gasteiger partial charge in [-0.05, 0) is 54.8 Å². The standard InChI is InChI=1S/C21H21ClN2O/c1-15-7-3-4-8-18(15)20(24-11-5-6-12-24)14-21(25)23-19-13-17(22)10-9-16(19)2/h3-13,20H,14H2,1-2H3,(H,23,25)/t20-/m1/s1. The lowest BCUT2D eigenvalue weighted by Gasteiger charge is -2.21. The molecule has 3 nitrogen and oxygen atoms in total. The molecular weight excluding hydrogens is 332 g/mol. The summed E-state index contributed by atoms with van der Waals surface area (Å²) < 4.78 is 2.08. The molecular formula is C21H21ClN2O. The molecule has 0 saturated carbocycles. The fourth-order valence-corrected chi connectivity index (χ4v) is 3.17. The minimum Gasteiger partial charge on any atom is -0.346 e. The van der Waals surface area contributed by atoms with Crippen LogP contribution < -0.4 is 5.32 Å². The third kappa shape index (κ3) is 4.12. The number of benzene rings is 2. The van der Waals surface area contributed by atoms with Crippen molar-refractivity contribution in [2.45, 2.75) is 26.3 Å². The van der Waals surface area contributed by atoms with Gasteiger partial charge < -0.3 is 9.88 Å². The number of aryl methyl sites for hydroxylation is 2. The average Bonchev–Trinajstić information content (AvgIpc) is 3.11. The summed E-state index contributed by atoms with van der Waals surface area (Å²) in [6, 6.07) is 17.6. The van der Waals surface area contributed by atoms with E-state index in [1.807, 2.05) is 55.7 Å². The molecule has 0 spiro atoms. The molecule has 1 N–H and O–H groups in total. The van der Waals surface area contributed by atoms with Crippen molar-refractivity contribution in [1.82, 2.24) is 4.57 Å². The van der Waals surface area contributed by atoms with E-state index in [1.54, 1.807) is 6.07 Å². The van der Waals surface area contributed by atoms with Crippen molar-refractivity contribution in [3.05, 3.63) is 88.7 Å². The molecule has 0 aliphatic carbocycles. The van der Waals surface area contributed by atoms with Crippen molar-refractivity contribution in [3.63, 3.8) is 0 Å². The van der Waals surface area contributed by atoms with E-state index < -0.39 is 0 Å². The Kier molecular flexibility index (Phi) is 5.25. The van der Waals surface area contributed by atoms with Gasteiger partial charge in [-0.25, -0.2) is 0 Å². The Morgan fingerprint density at radius 1 is 1.04 bits per heavy atom. The number of aromatic nitrogens is 1. The quantitative estimate of drug-likeness (QED) is 0.657. The van der Waals surface area contributed by atoms with E-state index in [4.69, 9.17) is 11.6 Å². The van der Waals surface area contributed by atoms with Gasteiger partial charge in [0.1, 0.15) is 0 Å². The maximum atomic E-state index is 12.7. The smallest absolute Gasteiger partial charge is 0.226 e. The maximum absolute atomic E-state index is 12.7. The topological polar surface area (TPSA) is 34.0 Å². The molecule has 3 aromatic rings. The van der Waals surface area contributed by atoms with Crippen LogP contribution in [0.5, 0.6) is 0 Å². The Balaban J connectivity index is 1.85. The fourth-order valence-electron chi connectivity index (χ4n) is 3.00. The highest BCUT2D eigenvalue weighted by molar-refractivity contribution is 6.31. The molecule has 1 aromatic heterocycles. The molecule has 1 atom stereocenters. The molecule has 1 heterocycles. The molecule has 0 saturated heterocycles. The zero-order valence-electron chi connectivity index (χ0n) is 14.4. The highest BCUT2D eigenvalue weighted by Crippen LogP contribution is 2.27. The van der Waals surface area contributed by atoms with Crippen LogP contribution in [0.15, 0.2) is 67.0 Å². The molecule has 3 rings (SSSR count). The fraction of sp³-hybridized carbons (Fsp3) is 0.190. The minimum absolute atomic E-state index is 0.0349. The predicted molar refractivity (Wildman–Crippen MR) is 103 cm³/mol. The van der Waals surface area contributed by atoms with Crippen LogP contribution in [0.4, 0.5) is 5.69 Å². The van der Waals surface area contributed by atoms with Crippen LogP contribution in [0.25, 0.3) is 0 Å². The van der Waals surface area contributed by atoms with Gasteiger partial charge in [0.2, 0.25) is 5.91 Å². The Morgan fingerprint density at radius 3 is 2.48 bits per heavy atom. The van der Waals surface area contributed by atoms with Crippen LogP contribution in [0.2, 0.25) is 5.02 Å². The van der Waals surface area contributed by atoms with E-state index in [9.17, 15) is 4.79 Å². The van der Waals surface area contributed by atoms with Crippen LogP contribution in [0, 0.1) is 13.8 Å². The Morgan fingerprint density at radius 2 is 1.76 bits per heavy atom. The van der Waals surface area contributed by atoms with Crippen molar-refractivity contribution in [3.8, 4) is 0 Å². The molecule has 128 valence electrons. The van der Waals surface area contributed by atoms with Gasteiger partial charge in [-0.15, -0.1) is 0 Å². The van der Waals surface area contributed by atoms with E-state index in [2.05, 4.69) is 28.9 Å². The van der Waals surface area contributed by atoms with Crippen LogP contribution in [0.3, 0.4) is 0 Å². The van der Waals surface area contributed by atoms with Gasteiger partial charge in [0.15, 0.2) is 0 Å². The molecule has 25 heavy (non-hydrogen) atoms. The first-order chi connectivity index (χ1) is 12.0. The first-order valence-electron chi connectivity index (χ1n) is 8.28. The first kappa shape index (κ1) is 17.3. The number of rotatable bonds is 5. The second-order valence-corrected chi connectivity index (χ2v) is 6.65. The number of hydrogen-bond donors (Lipinski definition) is 1. The largest absolute Gasteiger partial charge is 0.346 e. The second-order valence-electron chi connectivity index (χ2n) is 6.21. The van der Waals surface area contributed by atoms with Crippen LogP contribution in [-0.2, 0) is 4.79 Å². The van der Waals surface area contributed by atoms with Crippen LogP contribution in [-0.4, -0.2) is 10.5 Å². The second kappa shape index (κ2) is 7.58. The number of nitrogens with zero attached hydrogens (tertiary/aromatic N) is 1. The van der Waals surface area contributed by atoms with Crippen molar-refractivity contribution in [2.75, 3.05) is 5.32 Å². The highest BCUT2D eigenvalue weighted by Gasteiger charge is 2.19. The van der Waals surface area contributed by atoms with Gasteiger partial charge in [-0.2, -0.15) is 0 Å². The summed E-state index contributed by atoms with van der Waals surface area (Å²) in [4.78, 5) is 12.7. The summed E-state index contributed by atoms with van der Waals surface area (Å²) in [5.41, 5.74) is 4.07. The van der Waals surface area contributed by atoms with Crippen LogP contribution in [0.1, 0.15) is 29.2 Å². The third-order valence-electron chi connectivity index (χ3n) is 4.39. The molecule has 4 heteroatoms. The lowest BCUT2D eigenvalue weighted by atomic mass is 9.98. The number of hydrogen-bond acceptors (Lipinski definition) is 1. The van der Waals surface area contributed by atoms with Gasteiger partial charge in [-0.1, -0.05) is 41.9 Å². The molecule has 0 aliphatic heterocycles. The van der Waals surface area contributed by atoms with Gasteiger partial charge in [0, 0.05) is 23.1 Å². The Labute approximate surface area is 153 Å². The summed E-state index contributed by atoms with van der Waals surface area (Å²) in [7, 11) is 0. The Bertz CT molecular complexity index is 871. The summed E-state index contributed by atoms with van der Waals surface area (Å²) >= 11 is 6.05. The number of anilines is 1. The number of halogens is 1.